The fraction of sp³-hybridized carbons (Fsp3) is 0.346. The lowest BCUT2D eigenvalue weighted by atomic mass is 9.89. The molecule has 5 nitrogen and oxygen atoms in total. The second-order valence-electron chi connectivity index (χ2n) is 8.27. The third kappa shape index (κ3) is 5.98. The summed E-state index contributed by atoms with van der Waals surface area (Å²) < 4.78 is 13.4. The number of hydrogen-bond donors (Lipinski definition) is 1. The predicted octanol–water partition coefficient (Wildman–Crippen LogP) is 4.21. The van der Waals surface area contributed by atoms with Crippen molar-refractivity contribution in [3.8, 4) is 0 Å². The minimum Gasteiger partial charge on any atom is -0.352 e. The van der Waals surface area contributed by atoms with Crippen LogP contribution in [0.4, 0.5) is 4.39 Å². The molecule has 1 saturated heterocycles. The number of halogens is 1. The molecule has 3 heterocycles. The van der Waals surface area contributed by atoms with E-state index in [2.05, 4.69) is 20.2 Å². The van der Waals surface area contributed by atoms with Gasteiger partial charge in [-0.25, -0.2) is 4.39 Å². The van der Waals surface area contributed by atoms with Gasteiger partial charge < -0.3 is 10.2 Å². The Morgan fingerprint density at radius 2 is 1.72 bits per heavy atom. The molecule has 1 fully saturated rings. The molecule has 3 aromatic rings. The molecular formula is C26H29FN4O. The molecule has 2 aromatic heterocycles. The van der Waals surface area contributed by atoms with Crippen LogP contribution in [0.5, 0.6) is 0 Å². The maximum Gasteiger partial charge on any atom is 0.252 e. The van der Waals surface area contributed by atoms with E-state index in [9.17, 15) is 9.18 Å². The zero-order chi connectivity index (χ0) is 22.2. The topological polar surface area (TPSA) is 58.1 Å². The largest absolute Gasteiger partial charge is 0.352 e. The Morgan fingerprint density at radius 1 is 1.00 bits per heavy atom. The van der Waals surface area contributed by atoms with Gasteiger partial charge in [-0.1, -0.05) is 12.1 Å². The number of rotatable bonds is 9. The van der Waals surface area contributed by atoms with E-state index in [0.717, 1.165) is 29.8 Å². The predicted molar refractivity (Wildman–Crippen MR) is 123 cm³/mol. The van der Waals surface area contributed by atoms with E-state index in [1.165, 1.54) is 38.1 Å². The fourth-order valence-electron chi connectivity index (χ4n) is 4.23. The summed E-state index contributed by atoms with van der Waals surface area (Å²) in [6.45, 7) is 3.88. The van der Waals surface area contributed by atoms with Gasteiger partial charge in [-0.05, 0) is 79.9 Å². The highest BCUT2D eigenvalue weighted by molar-refractivity contribution is 5.93. The molecule has 1 unspecified atom stereocenters. The van der Waals surface area contributed by atoms with E-state index in [-0.39, 0.29) is 17.6 Å². The van der Waals surface area contributed by atoms with Gasteiger partial charge in [0.2, 0.25) is 0 Å². The first-order valence-electron chi connectivity index (χ1n) is 11.3. The van der Waals surface area contributed by atoms with Gasteiger partial charge in [0.1, 0.15) is 5.82 Å². The van der Waals surface area contributed by atoms with Crippen molar-refractivity contribution in [3.63, 3.8) is 0 Å². The lowest BCUT2D eigenvalue weighted by molar-refractivity contribution is 0.0952. The molecule has 1 atom stereocenters. The molecule has 1 aliphatic heterocycles. The van der Waals surface area contributed by atoms with Gasteiger partial charge in [-0.15, -0.1) is 0 Å². The number of amides is 1. The first-order valence-corrected chi connectivity index (χ1v) is 11.3. The van der Waals surface area contributed by atoms with Gasteiger partial charge in [0.15, 0.2) is 0 Å². The maximum absolute atomic E-state index is 13.4. The Kier molecular flexibility index (Phi) is 7.56. The molecule has 1 aromatic carbocycles. The summed E-state index contributed by atoms with van der Waals surface area (Å²) >= 11 is 0. The number of benzene rings is 1. The molecule has 6 heteroatoms. The quantitative estimate of drug-likeness (QED) is 0.550. The Balaban J connectivity index is 1.32. The highest BCUT2D eigenvalue weighted by Crippen LogP contribution is 2.27. The van der Waals surface area contributed by atoms with Crippen molar-refractivity contribution < 1.29 is 9.18 Å². The number of pyridine rings is 2. The van der Waals surface area contributed by atoms with E-state index in [0.29, 0.717) is 18.5 Å². The van der Waals surface area contributed by atoms with Crippen molar-refractivity contribution in [3.05, 3.63) is 95.3 Å². The highest BCUT2D eigenvalue weighted by Gasteiger charge is 2.16. The van der Waals surface area contributed by atoms with Crippen LogP contribution in [-0.4, -0.2) is 47.0 Å². The number of likely N-dealkylation sites (tertiary alicyclic amines) is 1. The summed E-state index contributed by atoms with van der Waals surface area (Å²) in [5.41, 5.74) is 3.68. The molecule has 0 spiro atoms. The zero-order valence-corrected chi connectivity index (χ0v) is 18.2. The Labute approximate surface area is 188 Å². The fourth-order valence-corrected chi connectivity index (χ4v) is 4.23. The van der Waals surface area contributed by atoms with Gasteiger partial charge in [-0.3, -0.25) is 14.8 Å². The number of aromatic nitrogens is 2. The minimum atomic E-state index is -0.257. The van der Waals surface area contributed by atoms with Crippen molar-refractivity contribution in [1.29, 1.82) is 0 Å². The van der Waals surface area contributed by atoms with E-state index < -0.39 is 0 Å². The first-order chi connectivity index (χ1) is 15.7. The van der Waals surface area contributed by atoms with Crippen molar-refractivity contribution in [2.24, 2.45) is 0 Å². The summed E-state index contributed by atoms with van der Waals surface area (Å²) in [6.07, 6.45) is 9.35. The number of carbonyl (C=O) groups is 1. The van der Waals surface area contributed by atoms with Crippen LogP contribution in [0.25, 0.3) is 0 Å². The molecular weight excluding hydrogens is 403 g/mol. The molecule has 4 rings (SSSR count). The van der Waals surface area contributed by atoms with Gasteiger partial charge >= 0.3 is 0 Å². The highest BCUT2D eigenvalue weighted by atomic mass is 19.1. The zero-order valence-electron chi connectivity index (χ0n) is 18.2. The van der Waals surface area contributed by atoms with Crippen molar-refractivity contribution in [2.75, 3.05) is 26.2 Å². The van der Waals surface area contributed by atoms with Gasteiger partial charge in [0, 0.05) is 49.7 Å². The van der Waals surface area contributed by atoms with E-state index in [1.54, 1.807) is 30.7 Å². The average molecular weight is 433 g/mol. The van der Waals surface area contributed by atoms with Crippen LogP contribution in [0.3, 0.4) is 0 Å². The van der Waals surface area contributed by atoms with Crippen LogP contribution >= 0.6 is 0 Å². The minimum absolute atomic E-state index is 0.0463. The van der Waals surface area contributed by atoms with Crippen LogP contribution in [0.2, 0.25) is 0 Å². The average Bonchev–Trinajstić information content (AvgIpc) is 3.36. The van der Waals surface area contributed by atoms with Gasteiger partial charge in [-0.2, -0.15) is 0 Å². The molecule has 1 aliphatic rings. The van der Waals surface area contributed by atoms with Crippen molar-refractivity contribution in [2.45, 2.75) is 31.6 Å². The Bertz CT molecular complexity index is 987. The lowest BCUT2D eigenvalue weighted by Gasteiger charge is -2.18. The number of nitrogens with zero attached hydrogens (tertiary/aromatic N) is 3. The second-order valence-corrected chi connectivity index (χ2v) is 8.27. The Morgan fingerprint density at radius 3 is 2.41 bits per heavy atom. The normalized spacial score (nSPS) is 14.9. The molecule has 32 heavy (non-hydrogen) atoms. The van der Waals surface area contributed by atoms with Crippen LogP contribution in [0, 0.1) is 5.82 Å². The molecule has 1 N–H and O–H groups in total. The van der Waals surface area contributed by atoms with E-state index >= 15 is 0 Å². The summed E-state index contributed by atoms with van der Waals surface area (Å²) in [7, 11) is 0. The summed E-state index contributed by atoms with van der Waals surface area (Å²) in [5.74, 6) is -0.340. The van der Waals surface area contributed by atoms with Crippen LogP contribution < -0.4 is 5.32 Å². The molecule has 0 saturated carbocycles. The summed E-state index contributed by atoms with van der Waals surface area (Å²) in [5, 5.41) is 3.00. The van der Waals surface area contributed by atoms with Crippen LogP contribution in [0.15, 0.2) is 67.1 Å². The van der Waals surface area contributed by atoms with Crippen LogP contribution in [0.1, 0.15) is 52.4 Å². The molecule has 1 amide bonds. The van der Waals surface area contributed by atoms with Crippen molar-refractivity contribution in [1.82, 2.24) is 20.2 Å². The molecule has 0 radical (unpaired) electrons. The Hall–Kier alpha value is -3.12. The first kappa shape index (κ1) is 22.1. The third-order valence-electron chi connectivity index (χ3n) is 6.07. The third-order valence-corrected chi connectivity index (χ3v) is 6.07. The lowest BCUT2D eigenvalue weighted by Crippen LogP contribution is -2.26. The standard InChI is InChI=1S/C26H29FN4O/c27-23-6-3-20(4-7-23)25(21-9-13-28-14-10-21)11-15-29-26(32)22-5-8-24(30-19-22)12-18-31-16-1-2-17-31/h3-10,13-14,19,25H,1-2,11-12,15-18H2,(H,29,32). The molecule has 0 bridgehead atoms. The van der Waals surface area contributed by atoms with Gasteiger partial charge in [0.25, 0.3) is 5.91 Å². The summed E-state index contributed by atoms with van der Waals surface area (Å²) in [6, 6.07) is 14.3. The number of nitrogens with one attached hydrogen (secondary N) is 1. The van der Waals surface area contributed by atoms with Gasteiger partial charge in [0.05, 0.1) is 5.56 Å². The van der Waals surface area contributed by atoms with E-state index in [1.807, 2.05) is 24.3 Å². The van der Waals surface area contributed by atoms with Crippen LogP contribution in [-0.2, 0) is 6.42 Å². The SMILES string of the molecule is O=C(NCCC(c1ccncc1)c1ccc(F)cc1)c1ccc(CCN2CCCC2)nc1. The molecule has 166 valence electrons. The smallest absolute Gasteiger partial charge is 0.252 e. The summed E-state index contributed by atoms with van der Waals surface area (Å²) in [4.78, 5) is 23.6. The molecule has 0 aliphatic carbocycles. The van der Waals surface area contributed by atoms with E-state index in [4.69, 9.17) is 0 Å². The maximum atomic E-state index is 13.4. The monoisotopic (exact) mass is 432 g/mol. The number of hydrogen-bond acceptors (Lipinski definition) is 4. The second kappa shape index (κ2) is 11.0. The number of carbonyl (C=O) groups excluding carboxylic acids is 1. The van der Waals surface area contributed by atoms with Crippen molar-refractivity contribution >= 4 is 5.91 Å².